The Hall–Kier alpha value is -1.79. The van der Waals surface area contributed by atoms with E-state index in [-0.39, 0.29) is 31.1 Å². The second-order valence-electron chi connectivity index (χ2n) is 8.28. The van der Waals surface area contributed by atoms with Gasteiger partial charge in [0, 0.05) is 42.9 Å². The molecule has 29 heavy (non-hydrogen) atoms. The van der Waals surface area contributed by atoms with Crippen LogP contribution in [0.5, 0.6) is 0 Å². The van der Waals surface area contributed by atoms with Crippen LogP contribution in [0.15, 0.2) is 24.3 Å². The summed E-state index contributed by atoms with van der Waals surface area (Å²) >= 11 is 6.06. The molecule has 2 amide bonds. The molecule has 1 aromatic carbocycles. The zero-order valence-electron chi connectivity index (χ0n) is 17.4. The highest BCUT2D eigenvalue weighted by atomic mass is 35.5. The number of ether oxygens (including phenoxy) is 1. The van der Waals surface area contributed by atoms with E-state index in [4.69, 9.17) is 16.3 Å². The Morgan fingerprint density at radius 2 is 1.90 bits per heavy atom. The third-order valence-corrected chi connectivity index (χ3v) is 6.55. The van der Waals surface area contributed by atoms with Crippen molar-refractivity contribution in [1.82, 2.24) is 10.2 Å². The first-order valence-corrected chi connectivity index (χ1v) is 11.0. The lowest BCUT2D eigenvalue weighted by atomic mass is 9.78. The molecular formula is C22H32ClN3O3. The molecule has 3 atom stereocenters. The average Bonchev–Trinajstić information content (AvgIpc) is 2.71. The molecule has 1 saturated heterocycles. The molecule has 0 radical (unpaired) electrons. The van der Waals surface area contributed by atoms with E-state index >= 15 is 0 Å². The van der Waals surface area contributed by atoms with Crippen LogP contribution in [-0.2, 0) is 14.3 Å². The fraction of sp³-hybridized carbons (Fsp3) is 0.636. The molecule has 0 unspecified atom stereocenters. The number of anilines is 1. The maximum Gasteiger partial charge on any atom is 0.248 e. The second kappa shape index (κ2) is 10.3. The van der Waals surface area contributed by atoms with E-state index in [0.717, 1.165) is 31.6 Å². The molecule has 1 aromatic rings. The van der Waals surface area contributed by atoms with Crippen LogP contribution in [0.4, 0.5) is 5.69 Å². The molecule has 7 heteroatoms. The number of nitrogens with zero attached hydrogens (tertiary/aromatic N) is 2. The Bertz CT molecular complexity index is 706. The first kappa shape index (κ1) is 21.9. The number of amides is 2. The zero-order valence-corrected chi connectivity index (χ0v) is 18.2. The Morgan fingerprint density at radius 3 is 2.62 bits per heavy atom. The SMILES string of the molecule is C[C@H]1[C@H](C)CCC[C@H]1NC(=O)COCC(=O)N1CCN(c2cccc(Cl)c2)CC1. The lowest BCUT2D eigenvalue weighted by molar-refractivity contribution is -0.138. The largest absolute Gasteiger partial charge is 0.368 e. The summed E-state index contributed by atoms with van der Waals surface area (Å²) in [5.41, 5.74) is 1.07. The third-order valence-electron chi connectivity index (χ3n) is 6.32. The molecule has 2 aliphatic rings. The van der Waals surface area contributed by atoms with Gasteiger partial charge in [-0.2, -0.15) is 0 Å². The molecular weight excluding hydrogens is 390 g/mol. The topological polar surface area (TPSA) is 61.9 Å². The fourth-order valence-corrected chi connectivity index (χ4v) is 4.43. The monoisotopic (exact) mass is 421 g/mol. The summed E-state index contributed by atoms with van der Waals surface area (Å²) in [6, 6.07) is 7.97. The molecule has 160 valence electrons. The van der Waals surface area contributed by atoms with Crippen LogP contribution >= 0.6 is 11.6 Å². The first-order chi connectivity index (χ1) is 13.9. The van der Waals surface area contributed by atoms with Crippen LogP contribution < -0.4 is 10.2 Å². The molecule has 0 spiro atoms. The van der Waals surface area contributed by atoms with Crippen molar-refractivity contribution in [1.29, 1.82) is 0 Å². The van der Waals surface area contributed by atoms with Crippen molar-refractivity contribution in [3.8, 4) is 0 Å². The van der Waals surface area contributed by atoms with E-state index in [2.05, 4.69) is 24.1 Å². The van der Waals surface area contributed by atoms with E-state index in [1.54, 1.807) is 4.90 Å². The van der Waals surface area contributed by atoms with Gasteiger partial charge >= 0.3 is 0 Å². The van der Waals surface area contributed by atoms with Gasteiger partial charge in [0.25, 0.3) is 0 Å². The van der Waals surface area contributed by atoms with Crippen LogP contribution in [-0.4, -0.2) is 62.1 Å². The molecule has 3 rings (SSSR count). The van der Waals surface area contributed by atoms with Gasteiger partial charge in [0.2, 0.25) is 11.8 Å². The molecule has 6 nitrogen and oxygen atoms in total. The van der Waals surface area contributed by atoms with Crippen molar-refractivity contribution in [2.75, 3.05) is 44.3 Å². The van der Waals surface area contributed by atoms with Crippen LogP contribution in [0.2, 0.25) is 5.02 Å². The van der Waals surface area contributed by atoms with Gasteiger partial charge in [0.15, 0.2) is 0 Å². The van der Waals surface area contributed by atoms with Crippen LogP contribution in [0.25, 0.3) is 0 Å². The van der Waals surface area contributed by atoms with Gasteiger partial charge in [-0.1, -0.05) is 44.4 Å². The Kier molecular flexibility index (Phi) is 7.78. The number of piperazine rings is 1. The minimum absolute atomic E-state index is 0.0544. The van der Waals surface area contributed by atoms with E-state index in [1.807, 2.05) is 24.3 Å². The predicted octanol–water partition coefficient (Wildman–Crippen LogP) is 2.95. The van der Waals surface area contributed by atoms with Gasteiger partial charge in [-0.3, -0.25) is 9.59 Å². The lowest BCUT2D eigenvalue weighted by Gasteiger charge is -2.36. The fourth-order valence-electron chi connectivity index (χ4n) is 4.24. The molecule has 1 aliphatic heterocycles. The molecule has 1 heterocycles. The minimum atomic E-state index is -0.130. The van der Waals surface area contributed by atoms with Crippen molar-refractivity contribution in [3.63, 3.8) is 0 Å². The number of carbonyl (C=O) groups excluding carboxylic acids is 2. The maximum absolute atomic E-state index is 12.4. The molecule has 1 saturated carbocycles. The van der Waals surface area contributed by atoms with Crippen LogP contribution in [0.3, 0.4) is 0 Å². The molecule has 0 bridgehead atoms. The highest BCUT2D eigenvalue weighted by Crippen LogP contribution is 2.29. The summed E-state index contributed by atoms with van der Waals surface area (Å²) in [5, 5.41) is 3.79. The Morgan fingerprint density at radius 1 is 1.14 bits per heavy atom. The Balaban J connectivity index is 1.35. The number of carbonyl (C=O) groups is 2. The third kappa shape index (κ3) is 6.09. The molecule has 1 N–H and O–H groups in total. The van der Waals surface area contributed by atoms with Crippen molar-refractivity contribution in [2.45, 2.75) is 39.2 Å². The lowest BCUT2D eigenvalue weighted by Crippen LogP contribution is -2.50. The zero-order chi connectivity index (χ0) is 20.8. The minimum Gasteiger partial charge on any atom is -0.368 e. The molecule has 1 aliphatic carbocycles. The smallest absolute Gasteiger partial charge is 0.248 e. The van der Waals surface area contributed by atoms with Gasteiger partial charge in [-0.15, -0.1) is 0 Å². The number of hydrogen-bond donors (Lipinski definition) is 1. The van der Waals surface area contributed by atoms with Gasteiger partial charge < -0.3 is 19.9 Å². The quantitative estimate of drug-likeness (QED) is 0.767. The highest BCUT2D eigenvalue weighted by Gasteiger charge is 2.28. The van der Waals surface area contributed by atoms with Gasteiger partial charge in [-0.25, -0.2) is 0 Å². The normalized spacial score (nSPS) is 25.0. The highest BCUT2D eigenvalue weighted by molar-refractivity contribution is 6.30. The van der Waals surface area contributed by atoms with Crippen molar-refractivity contribution in [3.05, 3.63) is 29.3 Å². The van der Waals surface area contributed by atoms with Crippen molar-refractivity contribution < 1.29 is 14.3 Å². The summed E-state index contributed by atoms with van der Waals surface area (Å²) < 4.78 is 5.41. The van der Waals surface area contributed by atoms with Crippen LogP contribution in [0, 0.1) is 11.8 Å². The van der Waals surface area contributed by atoms with Gasteiger partial charge in [0.1, 0.15) is 13.2 Å². The number of halogens is 1. The summed E-state index contributed by atoms with van der Waals surface area (Å²) in [5.74, 6) is 0.907. The van der Waals surface area contributed by atoms with Crippen LogP contribution in [0.1, 0.15) is 33.1 Å². The summed E-state index contributed by atoms with van der Waals surface area (Å²) in [4.78, 5) is 28.6. The summed E-state index contributed by atoms with van der Waals surface area (Å²) in [7, 11) is 0. The van der Waals surface area contributed by atoms with E-state index in [9.17, 15) is 9.59 Å². The maximum atomic E-state index is 12.4. The average molecular weight is 422 g/mol. The van der Waals surface area contributed by atoms with E-state index < -0.39 is 0 Å². The number of rotatable bonds is 6. The number of nitrogens with one attached hydrogen (secondary N) is 1. The van der Waals surface area contributed by atoms with E-state index in [1.165, 1.54) is 6.42 Å². The second-order valence-corrected chi connectivity index (χ2v) is 8.72. The summed E-state index contributed by atoms with van der Waals surface area (Å²) in [6.07, 6.45) is 3.40. The Labute approximate surface area is 178 Å². The molecule has 0 aromatic heterocycles. The van der Waals surface area contributed by atoms with Gasteiger partial charge in [-0.05, 0) is 36.5 Å². The number of hydrogen-bond acceptors (Lipinski definition) is 4. The van der Waals surface area contributed by atoms with E-state index in [0.29, 0.717) is 29.9 Å². The predicted molar refractivity (Wildman–Crippen MR) is 115 cm³/mol. The number of benzene rings is 1. The first-order valence-electron chi connectivity index (χ1n) is 10.6. The summed E-state index contributed by atoms with van der Waals surface area (Å²) in [6.45, 7) is 7.10. The van der Waals surface area contributed by atoms with Gasteiger partial charge in [0.05, 0.1) is 0 Å². The van der Waals surface area contributed by atoms with Crippen molar-refractivity contribution >= 4 is 29.1 Å². The molecule has 2 fully saturated rings. The standard InChI is InChI=1S/C22H32ClN3O3/c1-16-5-3-8-20(17(16)2)24-21(27)14-29-15-22(28)26-11-9-25(10-12-26)19-7-4-6-18(23)13-19/h4,6-7,13,16-17,20H,3,5,8-12,14-15H2,1-2H3,(H,24,27)/t16-,17+,20-/m1/s1. The van der Waals surface area contributed by atoms with Crippen molar-refractivity contribution in [2.24, 2.45) is 11.8 Å².